The molecular formula is C53H100N16O13. The number of nitrogens with one attached hydrogen (secondary N) is 11. The Labute approximate surface area is 482 Å². The summed E-state index contributed by atoms with van der Waals surface area (Å²) in [5.74, 6) is -9.84. The Hall–Kier alpha value is -6.11. The molecule has 1 rings (SSSR count). The van der Waals surface area contributed by atoms with Crippen LogP contribution in [0.4, 0.5) is 0 Å². The topological polar surface area (TPSA) is 491 Å². The van der Waals surface area contributed by atoms with E-state index in [1.165, 1.54) is 13.8 Å². The molecule has 29 nitrogen and oxygen atoms in total. The number of hydrogen-bond acceptors (Lipinski definition) is 18. The predicted molar refractivity (Wildman–Crippen MR) is 305 cm³/mol. The smallest absolute Gasteiger partial charge is 0.245 e. The van der Waals surface area contributed by atoms with Gasteiger partial charge in [0.1, 0.15) is 60.4 Å². The second-order valence-electron chi connectivity index (χ2n) is 21.7. The number of unbranched alkanes of at least 4 members (excludes halogenated alkanes) is 1. The van der Waals surface area contributed by atoms with Crippen molar-refractivity contribution in [2.24, 2.45) is 46.4 Å². The van der Waals surface area contributed by atoms with Crippen LogP contribution in [0.15, 0.2) is 0 Å². The molecule has 1 aliphatic rings. The largest absolute Gasteiger partial charge is 0.391 e. The Kier molecular flexibility index (Phi) is 35.5. The van der Waals surface area contributed by atoms with E-state index in [4.69, 9.17) is 28.7 Å². The van der Waals surface area contributed by atoms with Crippen molar-refractivity contribution < 1.29 is 63.0 Å². The molecule has 14 atom stereocenters. The lowest BCUT2D eigenvalue weighted by atomic mass is 9.96. The fraction of sp³-hybridized carbons (Fsp3) is 0.792. The van der Waals surface area contributed by atoms with E-state index in [0.717, 1.165) is 19.3 Å². The van der Waals surface area contributed by atoms with Gasteiger partial charge in [0.05, 0.1) is 12.2 Å². The second-order valence-corrected chi connectivity index (χ2v) is 21.7. The van der Waals surface area contributed by atoms with Crippen molar-refractivity contribution in [2.75, 3.05) is 39.3 Å². The van der Waals surface area contributed by atoms with Gasteiger partial charge in [-0.2, -0.15) is 0 Å². The number of rotatable bonds is 29. The Bertz CT molecular complexity index is 2070. The van der Waals surface area contributed by atoms with E-state index >= 15 is 0 Å². The number of aliphatic hydroxyl groups excluding tert-OH is 2. The summed E-state index contributed by atoms with van der Waals surface area (Å²) in [6.45, 7) is 12.5. The highest BCUT2D eigenvalue weighted by Crippen LogP contribution is 2.15. The minimum absolute atomic E-state index is 0.0131. The van der Waals surface area contributed by atoms with Gasteiger partial charge in [-0.1, -0.05) is 67.2 Å². The molecule has 11 amide bonds. The van der Waals surface area contributed by atoms with Gasteiger partial charge in [0.15, 0.2) is 0 Å². The molecule has 0 aromatic heterocycles. The van der Waals surface area contributed by atoms with Crippen molar-refractivity contribution in [2.45, 2.75) is 211 Å². The second kappa shape index (κ2) is 39.4. The zero-order chi connectivity index (χ0) is 62.2. The minimum atomic E-state index is -1.69. The van der Waals surface area contributed by atoms with Gasteiger partial charge in [0.2, 0.25) is 65.0 Å². The predicted octanol–water partition coefficient (Wildman–Crippen LogP) is -5.44. The third-order valence-corrected chi connectivity index (χ3v) is 14.1. The third-order valence-electron chi connectivity index (χ3n) is 14.1. The molecule has 82 heavy (non-hydrogen) atoms. The molecule has 1 saturated heterocycles. The normalized spacial score (nSPS) is 23.8. The monoisotopic (exact) mass is 1170 g/mol. The first-order valence-electron chi connectivity index (χ1n) is 28.9. The molecule has 0 bridgehead atoms. The highest BCUT2D eigenvalue weighted by Gasteiger charge is 2.38. The van der Waals surface area contributed by atoms with Crippen molar-refractivity contribution in [3.63, 3.8) is 0 Å². The fourth-order valence-corrected chi connectivity index (χ4v) is 8.73. The summed E-state index contributed by atoms with van der Waals surface area (Å²) < 4.78 is 0. The van der Waals surface area contributed by atoms with Gasteiger partial charge >= 0.3 is 0 Å². The summed E-state index contributed by atoms with van der Waals surface area (Å²) in [5.41, 5.74) is 29.2. The SMILES string of the molecule is CCC(C)CCCCC(=O)N[C@@H](CCN)C(=O)N[C@H](C(=O)N[C@@H](CCN)C(=O)NC1CCNC(=O)C([C@@H](C)O)NC(=O)[C@H](CCN)NC(=O)[C@H](CCN)NC(=O)[C@H]([C@@H](C)CC)NC(=O)[C@@H](CC(C)C)NC(=O)C(CCN)NC1=O)[C@@H](C)O. The van der Waals surface area contributed by atoms with Gasteiger partial charge in [0, 0.05) is 13.0 Å². The van der Waals surface area contributed by atoms with Gasteiger partial charge < -0.3 is 97.4 Å². The molecule has 1 heterocycles. The highest BCUT2D eigenvalue weighted by atomic mass is 16.3. The van der Waals surface area contributed by atoms with Crippen LogP contribution >= 0.6 is 0 Å². The standard InChI is InChI=1S/C53H100N16O13/c1-9-29(5)13-11-12-14-40(72)60-33(15-21-54)48(77)69-43(32(8)71)53(82)65-36(18-24-57)45(74)63-38-20-26-59-51(80)42(31(7)70)68-49(78)37(19-25-58)62-44(73)35(17-23-56)64-52(81)41(30(6)10-2)67-50(79)39(27-28(3)4)66-46(75)34(16-22-55)61-47(38)76/h28-39,41-43,70-71H,9-27,54-58H2,1-8H3,(H,59,80)(H,60,72)(H,61,76)(H,62,73)(H,63,74)(H,64,81)(H,65,82)(H,66,75)(H,67,79)(H,68,78)(H,69,77)/t29?,30-,31+,32+,33-,34?,35-,36-,37-,38?,39+,41-,42?,43-/m0/s1. The number of carbonyl (C=O) groups excluding carboxylic acids is 11. The lowest BCUT2D eigenvalue weighted by Gasteiger charge is -2.30. The van der Waals surface area contributed by atoms with Crippen molar-refractivity contribution in [1.29, 1.82) is 0 Å². The molecule has 29 heteroatoms. The maximum Gasteiger partial charge on any atom is 0.245 e. The number of amides is 11. The lowest BCUT2D eigenvalue weighted by molar-refractivity contribution is -0.137. The van der Waals surface area contributed by atoms with E-state index in [1.807, 2.05) is 0 Å². The number of carbonyl (C=O) groups is 11. The maximum absolute atomic E-state index is 14.4. The summed E-state index contributed by atoms with van der Waals surface area (Å²) in [6.07, 6.45) is -0.469. The molecule has 4 unspecified atom stereocenters. The molecule has 23 N–H and O–H groups in total. The highest BCUT2D eigenvalue weighted by molar-refractivity contribution is 5.99. The summed E-state index contributed by atoms with van der Waals surface area (Å²) in [4.78, 5) is 153. The van der Waals surface area contributed by atoms with Crippen molar-refractivity contribution in [3.8, 4) is 0 Å². The zero-order valence-corrected chi connectivity index (χ0v) is 49.4. The molecule has 1 aliphatic heterocycles. The molecule has 0 aliphatic carbocycles. The molecule has 470 valence electrons. The molecule has 1 fully saturated rings. The van der Waals surface area contributed by atoms with E-state index in [2.05, 4.69) is 72.3 Å². The van der Waals surface area contributed by atoms with Gasteiger partial charge in [-0.25, -0.2) is 0 Å². The van der Waals surface area contributed by atoms with E-state index < -0.39 is 156 Å². The van der Waals surface area contributed by atoms with Crippen LogP contribution in [-0.4, -0.2) is 187 Å². The summed E-state index contributed by atoms with van der Waals surface area (Å²) >= 11 is 0. The van der Waals surface area contributed by atoms with E-state index in [9.17, 15) is 63.0 Å². The Morgan fingerprint density at radius 3 is 1.51 bits per heavy atom. The molecular weight excluding hydrogens is 1070 g/mol. The first-order chi connectivity index (χ1) is 38.7. The summed E-state index contributed by atoms with van der Waals surface area (Å²) in [6, 6.07) is -14.5. The van der Waals surface area contributed by atoms with Gasteiger partial charge in [-0.05, 0) is 116 Å². The average Bonchev–Trinajstić information content (AvgIpc) is 3.48. The van der Waals surface area contributed by atoms with Gasteiger partial charge in [-0.3, -0.25) is 52.7 Å². The van der Waals surface area contributed by atoms with Crippen LogP contribution in [0.3, 0.4) is 0 Å². The fourth-order valence-electron chi connectivity index (χ4n) is 8.73. The third kappa shape index (κ3) is 26.4. The number of nitrogens with two attached hydrogens (primary N) is 5. The molecule has 0 aromatic rings. The van der Waals surface area contributed by atoms with Crippen LogP contribution in [0, 0.1) is 17.8 Å². The van der Waals surface area contributed by atoms with Crippen molar-refractivity contribution >= 4 is 65.0 Å². The lowest BCUT2D eigenvalue weighted by Crippen LogP contribution is -2.62. The summed E-state index contributed by atoms with van der Waals surface area (Å²) in [7, 11) is 0. The van der Waals surface area contributed by atoms with E-state index in [0.29, 0.717) is 18.8 Å². The molecule has 0 radical (unpaired) electrons. The minimum Gasteiger partial charge on any atom is -0.391 e. The Balaban J connectivity index is 3.82. The van der Waals surface area contributed by atoms with Crippen LogP contribution in [0.1, 0.15) is 139 Å². The van der Waals surface area contributed by atoms with Crippen LogP contribution < -0.4 is 87.2 Å². The first-order valence-corrected chi connectivity index (χ1v) is 28.9. The van der Waals surface area contributed by atoms with Crippen LogP contribution in [0.25, 0.3) is 0 Å². The van der Waals surface area contributed by atoms with Gasteiger partial charge in [0.25, 0.3) is 0 Å². The summed E-state index contributed by atoms with van der Waals surface area (Å²) in [5, 5.41) is 49.6. The molecule has 0 saturated carbocycles. The van der Waals surface area contributed by atoms with Crippen LogP contribution in [0.5, 0.6) is 0 Å². The van der Waals surface area contributed by atoms with Crippen molar-refractivity contribution in [3.05, 3.63) is 0 Å². The van der Waals surface area contributed by atoms with Gasteiger partial charge in [-0.15, -0.1) is 0 Å². The number of aliphatic hydroxyl groups is 2. The van der Waals surface area contributed by atoms with Crippen molar-refractivity contribution in [1.82, 2.24) is 58.5 Å². The molecule has 0 spiro atoms. The van der Waals surface area contributed by atoms with E-state index in [-0.39, 0.29) is 83.6 Å². The quantitative estimate of drug-likeness (QED) is 0.0311. The van der Waals surface area contributed by atoms with Crippen LogP contribution in [0.2, 0.25) is 0 Å². The zero-order valence-electron chi connectivity index (χ0n) is 49.4. The van der Waals surface area contributed by atoms with Crippen LogP contribution in [-0.2, 0) is 52.7 Å². The molecule has 0 aromatic carbocycles. The average molecular weight is 1170 g/mol. The Morgan fingerprint density at radius 1 is 0.537 bits per heavy atom. The Morgan fingerprint density at radius 2 is 1.02 bits per heavy atom. The maximum atomic E-state index is 14.4. The first kappa shape index (κ1) is 73.9. The number of hydrogen-bond donors (Lipinski definition) is 18. The van der Waals surface area contributed by atoms with E-state index in [1.54, 1.807) is 27.7 Å².